The van der Waals surface area contributed by atoms with Crippen LogP contribution in [0.15, 0.2) is 65.8 Å². The second kappa shape index (κ2) is 9.06. The van der Waals surface area contributed by atoms with E-state index in [1.807, 2.05) is 0 Å². The molecule has 1 saturated carbocycles. The third-order valence-electron chi connectivity index (χ3n) is 5.78. The van der Waals surface area contributed by atoms with Crippen molar-refractivity contribution in [1.82, 2.24) is 14.3 Å². The number of anilines is 1. The highest BCUT2D eigenvalue weighted by Gasteiger charge is 2.35. The fraction of sp³-hybridized carbons (Fsp3) is 0.208. The molecule has 0 unspecified atom stereocenters. The number of benzene rings is 2. The van der Waals surface area contributed by atoms with Gasteiger partial charge in [0.05, 0.1) is 16.1 Å². The molecule has 1 fully saturated rings. The van der Waals surface area contributed by atoms with E-state index in [0.29, 0.717) is 5.56 Å². The average Bonchev–Trinajstić information content (AvgIpc) is 3.61. The first-order chi connectivity index (χ1) is 16.7. The minimum Gasteiger partial charge on any atom is -0.279 e. The van der Waals surface area contributed by atoms with Gasteiger partial charge in [0.2, 0.25) is 10.0 Å². The first kappa shape index (κ1) is 23.5. The lowest BCUT2D eigenvalue weighted by Gasteiger charge is -2.20. The number of aromatic nitrogens is 2. The molecule has 5 rings (SSSR count). The van der Waals surface area contributed by atoms with E-state index in [0.717, 1.165) is 30.2 Å². The Bertz CT molecular complexity index is 1510. The van der Waals surface area contributed by atoms with Crippen molar-refractivity contribution >= 4 is 42.6 Å². The lowest BCUT2D eigenvalue weighted by Crippen LogP contribution is -2.31. The highest BCUT2D eigenvalue weighted by molar-refractivity contribution is 7.89. The molecular weight excluding hydrogens is 494 g/mol. The van der Waals surface area contributed by atoms with E-state index in [1.165, 1.54) is 39.5 Å². The van der Waals surface area contributed by atoms with Crippen LogP contribution in [0.5, 0.6) is 0 Å². The summed E-state index contributed by atoms with van der Waals surface area (Å²) in [5, 5.41) is 0.184. The topological polar surface area (TPSA) is 83.5 Å². The number of sulfonamides is 1. The predicted octanol–water partition coefficient (Wildman–Crippen LogP) is 4.60. The number of amides is 1. The Labute approximate surface area is 204 Å². The monoisotopic (exact) mass is 514 g/mol. The lowest BCUT2D eigenvalue weighted by atomic mass is 10.2. The van der Waals surface area contributed by atoms with Crippen molar-refractivity contribution in [2.45, 2.75) is 30.3 Å². The fourth-order valence-corrected chi connectivity index (χ4v) is 6.11. The summed E-state index contributed by atoms with van der Waals surface area (Å²) in [7, 11) is -2.10. The highest BCUT2D eigenvalue weighted by atomic mass is 32.2. The minimum atomic E-state index is -3.65. The molecule has 0 spiro atoms. The Morgan fingerprint density at radius 1 is 1.14 bits per heavy atom. The molecule has 2 aromatic carbocycles. The molecule has 1 amide bonds. The number of pyridine rings is 1. The Kier molecular flexibility index (Phi) is 6.07. The van der Waals surface area contributed by atoms with E-state index in [9.17, 15) is 22.0 Å². The van der Waals surface area contributed by atoms with Crippen molar-refractivity contribution in [3.05, 3.63) is 83.7 Å². The number of thiazole rings is 1. The normalized spacial score (nSPS) is 13.9. The van der Waals surface area contributed by atoms with Crippen LogP contribution < -0.4 is 4.90 Å². The summed E-state index contributed by atoms with van der Waals surface area (Å²) in [6.45, 7) is 0.0844. The second-order valence-electron chi connectivity index (χ2n) is 8.26. The van der Waals surface area contributed by atoms with Gasteiger partial charge in [0.15, 0.2) is 10.9 Å². The third kappa shape index (κ3) is 4.66. The molecule has 0 atom stereocenters. The first-order valence-corrected chi connectivity index (χ1v) is 13.0. The summed E-state index contributed by atoms with van der Waals surface area (Å²) < 4.78 is 55.2. The van der Waals surface area contributed by atoms with Crippen LogP contribution in [0.4, 0.5) is 13.9 Å². The number of halogens is 2. The summed E-state index contributed by atoms with van der Waals surface area (Å²) in [4.78, 5) is 23.3. The summed E-state index contributed by atoms with van der Waals surface area (Å²) in [5.41, 5.74) is 0.907. The quantitative estimate of drug-likeness (QED) is 0.360. The molecule has 2 aromatic heterocycles. The molecule has 35 heavy (non-hydrogen) atoms. The number of fused-ring (bicyclic) bond motifs is 1. The van der Waals surface area contributed by atoms with E-state index >= 15 is 0 Å². The summed E-state index contributed by atoms with van der Waals surface area (Å²) in [6, 6.07) is 11.1. The smallest absolute Gasteiger partial charge is 0.260 e. The van der Waals surface area contributed by atoms with Crippen LogP contribution >= 0.6 is 11.3 Å². The van der Waals surface area contributed by atoms with Crippen LogP contribution in [0.2, 0.25) is 0 Å². The minimum absolute atomic E-state index is 0.0144. The van der Waals surface area contributed by atoms with Crippen LogP contribution in [0.1, 0.15) is 28.8 Å². The van der Waals surface area contributed by atoms with Gasteiger partial charge < -0.3 is 0 Å². The molecule has 0 saturated heterocycles. The van der Waals surface area contributed by atoms with Gasteiger partial charge in [-0.3, -0.25) is 14.7 Å². The van der Waals surface area contributed by atoms with Crippen molar-refractivity contribution in [3.8, 4) is 0 Å². The molecule has 1 aliphatic rings. The Balaban J connectivity index is 1.50. The zero-order valence-electron chi connectivity index (χ0n) is 18.6. The van der Waals surface area contributed by atoms with Gasteiger partial charge >= 0.3 is 0 Å². The van der Waals surface area contributed by atoms with Crippen LogP contribution in [-0.2, 0) is 16.6 Å². The number of rotatable bonds is 7. The van der Waals surface area contributed by atoms with E-state index < -0.39 is 27.6 Å². The molecule has 180 valence electrons. The highest BCUT2D eigenvalue weighted by Crippen LogP contribution is 2.33. The van der Waals surface area contributed by atoms with Crippen LogP contribution in [-0.4, -0.2) is 41.7 Å². The molecule has 11 heteroatoms. The summed E-state index contributed by atoms with van der Waals surface area (Å²) >= 11 is 0.988. The number of carbonyl (C=O) groups is 1. The number of carbonyl (C=O) groups excluding carboxylic acids is 1. The van der Waals surface area contributed by atoms with Gasteiger partial charge in [-0.25, -0.2) is 22.2 Å². The lowest BCUT2D eigenvalue weighted by molar-refractivity contribution is 0.0985. The van der Waals surface area contributed by atoms with Crippen molar-refractivity contribution in [2.75, 3.05) is 11.9 Å². The molecular formula is C24H20F2N4O3S2. The van der Waals surface area contributed by atoms with E-state index in [1.54, 1.807) is 31.6 Å². The van der Waals surface area contributed by atoms with Gasteiger partial charge in [-0.1, -0.05) is 17.4 Å². The predicted molar refractivity (Wildman–Crippen MR) is 129 cm³/mol. The summed E-state index contributed by atoms with van der Waals surface area (Å²) in [5.74, 6) is -2.01. The SMILES string of the molecule is CN(C1CC1)S(=O)(=O)c1ccc(C(=O)N(Cc2cccnc2)c2nc3c(F)cc(F)cc3s2)cc1. The zero-order chi connectivity index (χ0) is 24.7. The fourth-order valence-electron chi connectivity index (χ4n) is 3.69. The Morgan fingerprint density at radius 3 is 2.54 bits per heavy atom. The third-order valence-corrected chi connectivity index (χ3v) is 8.73. The average molecular weight is 515 g/mol. The maximum atomic E-state index is 14.3. The van der Waals surface area contributed by atoms with Crippen LogP contribution in [0.3, 0.4) is 0 Å². The molecule has 1 aliphatic carbocycles. The van der Waals surface area contributed by atoms with Crippen molar-refractivity contribution in [2.24, 2.45) is 0 Å². The van der Waals surface area contributed by atoms with Gasteiger partial charge in [0.1, 0.15) is 11.3 Å². The van der Waals surface area contributed by atoms with E-state index in [-0.39, 0.29) is 38.4 Å². The van der Waals surface area contributed by atoms with Crippen LogP contribution in [0, 0.1) is 11.6 Å². The molecule has 0 bridgehead atoms. The van der Waals surface area contributed by atoms with Gasteiger partial charge in [-0.05, 0) is 54.8 Å². The van der Waals surface area contributed by atoms with Gasteiger partial charge in [0, 0.05) is 37.1 Å². The summed E-state index contributed by atoms with van der Waals surface area (Å²) in [6.07, 6.45) is 4.87. The molecule has 0 aliphatic heterocycles. The van der Waals surface area contributed by atoms with Crippen LogP contribution in [0.25, 0.3) is 10.2 Å². The molecule has 0 N–H and O–H groups in total. The standard InChI is InChI=1S/C24H20F2N4O3S2/c1-29(18-6-7-18)35(32,33)19-8-4-16(5-9-19)23(31)30(14-15-3-2-10-27-13-15)24-28-22-20(26)11-17(25)12-21(22)34-24/h2-5,8-13,18H,6-7,14H2,1H3. The van der Waals surface area contributed by atoms with Crippen molar-refractivity contribution in [1.29, 1.82) is 0 Å². The van der Waals surface area contributed by atoms with Gasteiger partial charge in [0.25, 0.3) is 5.91 Å². The van der Waals surface area contributed by atoms with Gasteiger partial charge in [-0.2, -0.15) is 4.31 Å². The van der Waals surface area contributed by atoms with E-state index in [2.05, 4.69) is 9.97 Å². The number of hydrogen-bond acceptors (Lipinski definition) is 6. The maximum Gasteiger partial charge on any atom is 0.260 e. The maximum absolute atomic E-state index is 14.3. The molecule has 4 aromatic rings. The van der Waals surface area contributed by atoms with Crippen molar-refractivity contribution < 1.29 is 22.0 Å². The largest absolute Gasteiger partial charge is 0.279 e. The van der Waals surface area contributed by atoms with Gasteiger partial charge in [-0.15, -0.1) is 0 Å². The molecule has 2 heterocycles. The Morgan fingerprint density at radius 2 is 1.89 bits per heavy atom. The number of nitrogens with zero attached hydrogens (tertiary/aromatic N) is 4. The van der Waals surface area contributed by atoms with E-state index in [4.69, 9.17) is 0 Å². The molecule has 0 radical (unpaired) electrons. The first-order valence-electron chi connectivity index (χ1n) is 10.8. The van der Waals surface area contributed by atoms with Crippen molar-refractivity contribution in [3.63, 3.8) is 0 Å². The second-order valence-corrected chi connectivity index (χ2v) is 11.3. The Hall–Kier alpha value is -3.28. The number of hydrogen-bond donors (Lipinski definition) is 0. The molecule has 7 nitrogen and oxygen atoms in total. The zero-order valence-corrected chi connectivity index (χ0v) is 20.2.